The van der Waals surface area contributed by atoms with E-state index in [0.717, 1.165) is 82.4 Å². The van der Waals surface area contributed by atoms with Crippen LogP contribution in [0.4, 0.5) is 35.1 Å². The van der Waals surface area contributed by atoms with E-state index in [4.69, 9.17) is 14.2 Å². The molecule has 0 fully saturated rings. The van der Waals surface area contributed by atoms with E-state index in [2.05, 4.69) is 6.58 Å². The molecule has 57 heavy (non-hydrogen) atoms. The van der Waals surface area contributed by atoms with Crippen molar-refractivity contribution in [1.82, 2.24) is 0 Å². The Bertz CT molecular complexity index is 1970. The number of allylic oxidation sites excluding steroid dienone is 1. The molecule has 3 nitrogen and oxygen atoms in total. The number of hydrogen-bond acceptors (Lipinski definition) is 3. The van der Waals surface area contributed by atoms with Gasteiger partial charge < -0.3 is 14.2 Å². The molecule has 0 saturated heterocycles. The molecular formula is C46H48F8O3. The Morgan fingerprint density at radius 3 is 1.42 bits per heavy atom. The van der Waals surface area contributed by atoms with Crippen molar-refractivity contribution in [2.75, 3.05) is 19.8 Å². The maximum atomic E-state index is 14.8. The van der Waals surface area contributed by atoms with Crippen molar-refractivity contribution < 1.29 is 49.3 Å². The zero-order valence-electron chi connectivity index (χ0n) is 32.2. The lowest BCUT2D eigenvalue weighted by atomic mass is 9.94. The third kappa shape index (κ3) is 12.7. The van der Waals surface area contributed by atoms with Crippen molar-refractivity contribution in [3.05, 3.63) is 137 Å². The molecule has 0 radical (unpaired) electrons. The monoisotopic (exact) mass is 800 g/mol. The van der Waals surface area contributed by atoms with Gasteiger partial charge in [-0.1, -0.05) is 50.7 Å². The van der Waals surface area contributed by atoms with Gasteiger partial charge in [-0.3, -0.25) is 0 Å². The van der Waals surface area contributed by atoms with Crippen LogP contribution in [-0.2, 0) is 0 Å². The average Bonchev–Trinajstić information content (AvgIpc) is 3.22. The summed E-state index contributed by atoms with van der Waals surface area (Å²) in [5.41, 5.74) is -1.85. The summed E-state index contributed by atoms with van der Waals surface area (Å²) in [5.74, 6) is -10.1. The Hall–Kier alpha value is -5.06. The highest BCUT2D eigenvalue weighted by atomic mass is 19.2. The van der Waals surface area contributed by atoms with Crippen molar-refractivity contribution in [3.8, 4) is 17.2 Å². The molecule has 0 aliphatic carbocycles. The summed E-state index contributed by atoms with van der Waals surface area (Å²) in [6, 6.07) is 15.5. The molecule has 0 heterocycles. The Kier molecular flexibility index (Phi) is 17.7. The third-order valence-corrected chi connectivity index (χ3v) is 9.51. The van der Waals surface area contributed by atoms with Crippen LogP contribution in [0.5, 0.6) is 17.2 Å². The molecule has 0 aliphatic heterocycles. The fraction of sp³-hybridized carbons (Fsp3) is 0.348. The molecule has 4 aromatic rings. The van der Waals surface area contributed by atoms with Gasteiger partial charge in [0.2, 0.25) is 5.82 Å². The Balaban J connectivity index is 1.06. The van der Waals surface area contributed by atoms with Crippen LogP contribution >= 0.6 is 0 Å². The van der Waals surface area contributed by atoms with Crippen LogP contribution in [-0.4, -0.2) is 19.8 Å². The molecule has 0 aromatic heterocycles. The summed E-state index contributed by atoms with van der Waals surface area (Å²) in [6.45, 7) is 7.93. The highest BCUT2D eigenvalue weighted by molar-refractivity contribution is 5.84. The Morgan fingerprint density at radius 1 is 0.526 bits per heavy atom. The Morgan fingerprint density at radius 2 is 0.965 bits per heavy atom. The van der Waals surface area contributed by atoms with E-state index < -0.39 is 57.7 Å². The highest BCUT2D eigenvalue weighted by Gasteiger charge is 2.22. The lowest BCUT2D eigenvalue weighted by Gasteiger charge is -2.12. The molecule has 0 amide bonds. The van der Waals surface area contributed by atoms with Crippen LogP contribution in [0.3, 0.4) is 0 Å². The van der Waals surface area contributed by atoms with Crippen LogP contribution < -0.4 is 14.2 Å². The van der Waals surface area contributed by atoms with Gasteiger partial charge in [0, 0.05) is 11.1 Å². The summed E-state index contributed by atoms with van der Waals surface area (Å²) in [4.78, 5) is 0. The number of benzene rings is 4. The number of rotatable bonds is 23. The van der Waals surface area contributed by atoms with Gasteiger partial charge in [0.15, 0.2) is 46.5 Å². The largest absolute Gasteiger partial charge is 0.494 e. The van der Waals surface area contributed by atoms with E-state index in [9.17, 15) is 35.1 Å². The molecule has 1 unspecified atom stereocenters. The van der Waals surface area contributed by atoms with Crippen LogP contribution in [0.15, 0.2) is 85.5 Å². The topological polar surface area (TPSA) is 27.7 Å². The van der Waals surface area contributed by atoms with Crippen molar-refractivity contribution in [2.24, 2.45) is 5.92 Å². The van der Waals surface area contributed by atoms with Gasteiger partial charge in [0.05, 0.1) is 30.9 Å². The molecule has 0 aliphatic rings. The van der Waals surface area contributed by atoms with Crippen LogP contribution in [0, 0.1) is 36.1 Å². The minimum absolute atomic E-state index is 0.00185. The fourth-order valence-electron chi connectivity index (χ4n) is 6.15. The van der Waals surface area contributed by atoms with E-state index in [0.29, 0.717) is 30.6 Å². The number of halogens is 8. The molecular weight excluding hydrogens is 752 g/mol. The molecule has 0 bridgehead atoms. The van der Waals surface area contributed by atoms with Crippen molar-refractivity contribution >= 4 is 23.3 Å². The number of unbranched alkanes of at least 4 members (excludes halogenated alkanes) is 6. The van der Waals surface area contributed by atoms with Crippen molar-refractivity contribution in [2.45, 2.75) is 78.1 Å². The molecule has 306 valence electrons. The maximum absolute atomic E-state index is 14.8. The van der Waals surface area contributed by atoms with Gasteiger partial charge in [0.1, 0.15) is 11.5 Å². The second-order valence-electron chi connectivity index (χ2n) is 13.6. The van der Waals surface area contributed by atoms with E-state index in [-0.39, 0.29) is 29.0 Å². The molecule has 0 saturated carbocycles. The van der Waals surface area contributed by atoms with Crippen LogP contribution in [0.2, 0.25) is 0 Å². The van der Waals surface area contributed by atoms with Gasteiger partial charge in [-0.05, 0) is 118 Å². The first-order valence-electron chi connectivity index (χ1n) is 19.2. The summed E-state index contributed by atoms with van der Waals surface area (Å²) >= 11 is 0. The number of ether oxygens (including phenoxy) is 3. The van der Waals surface area contributed by atoms with Gasteiger partial charge >= 0.3 is 0 Å². The smallest absolute Gasteiger partial charge is 0.201 e. The Labute approximate surface area is 329 Å². The first-order valence-corrected chi connectivity index (χ1v) is 19.2. The number of hydrogen-bond donors (Lipinski definition) is 0. The molecule has 0 N–H and O–H groups in total. The lowest BCUT2D eigenvalue weighted by Crippen LogP contribution is -2.00. The molecule has 11 heteroatoms. The van der Waals surface area contributed by atoms with E-state index in [1.165, 1.54) is 61.5 Å². The summed E-state index contributed by atoms with van der Waals surface area (Å²) in [7, 11) is 0. The van der Waals surface area contributed by atoms with Crippen molar-refractivity contribution in [1.29, 1.82) is 0 Å². The van der Waals surface area contributed by atoms with Gasteiger partial charge in [-0.25, -0.2) is 30.7 Å². The average molecular weight is 801 g/mol. The second-order valence-corrected chi connectivity index (χ2v) is 13.6. The SMILES string of the molecule is C=CC(CCCCCCOc1ccc(/C(F)=C(\F)c2ccc(C)c(F)c2F)cc1)CCCCCCOc1ccc(/C(F)=C(\F)c2ccc(OCC)c(F)c2F)cc1. The quantitative estimate of drug-likeness (QED) is 0.0324. The lowest BCUT2D eigenvalue weighted by molar-refractivity contribution is 0.302. The minimum atomic E-state index is -1.53. The predicted octanol–water partition coefficient (Wildman–Crippen LogP) is 14.6. The van der Waals surface area contributed by atoms with Gasteiger partial charge in [0.25, 0.3) is 0 Å². The van der Waals surface area contributed by atoms with E-state index >= 15 is 0 Å². The summed E-state index contributed by atoms with van der Waals surface area (Å²) in [5, 5.41) is 0. The summed E-state index contributed by atoms with van der Waals surface area (Å²) < 4.78 is 132. The highest BCUT2D eigenvalue weighted by Crippen LogP contribution is 2.35. The first kappa shape index (κ1) is 44.7. The molecule has 4 rings (SSSR count). The molecule has 1 atom stereocenters. The minimum Gasteiger partial charge on any atom is -0.494 e. The second kappa shape index (κ2) is 22.6. The first-order chi connectivity index (χ1) is 27.5. The van der Waals surface area contributed by atoms with Gasteiger partial charge in [-0.2, -0.15) is 4.39 Å². The third-order valence-electron chi connectivity index (χ3n) is 9.51. The van der Waals surface area contributed by atoms with Crippen LogP contribution in [0.25, 0.3) is 23.3 Å². The van der Waals surface area contributed by atoms with Crippen molar-refractivity contribution in [3.63, 3.8) is 0 Å². The fourth-order valence-corrected chi connectivity index (χ4v) is 6.15. The van der Waals surface area contributed by atoms with Crippen LogP contribution in [0.1, 0.15) is 98.9 Å². The standard InChI is InChI=1S/C46H48F8O3/c1-4-31(14-10-6-8-12-28-56-34-21-17-32(18-22-34)40(48)43(51)36-25-16-30(3)39(47)42(36)50)15-11-7-9-13-29-57-35-23-19-33(20-24-35)41(49)44(52)37-26-27-38(55-5-2)46(54)45(37)53/h4,16-27,31H,1,5-15,28-29H2,2-3H3/b43-40+,44-41+. The maximum Gasteiger partial charge on any atom is 0.201 e. The normalized spacial score (nSPS) is 12.8. The zero-order valence-corrected chi connectivity index (χ0v) is 32.2. The predicted molar refractivity (Wildman–Crippen MR) is 210 cm³/mol. The zero-order chi connectivity index (χ0) is 41.3. The van der Waals surface area contributed by atoms with Gasteiger partial charge in [-0.15, -0.1) is 6.58 Å². The van der Waals surface area contributed by atoms with E-state index in [1.807, 2.05) is 6.08 Å². The summed E-state index contributed by atoms with van der Waals surface area (Å²) in [6.07, 6.45) is 11.9. The van der Waals surface area contributed by atoms with E-state index in [1.54, 1.807) is 6.92 Å². The molecule has 0 spiro atoms. The number of aryl methyl sites for hydroxylation is 1. The molecule has 4 aromatic carbocycles.